The quantitative estimate of drug-likeness (QED) is 0.401. The molecule has 0 aliphatic carbocycles. The fourth-order valence-corrected chi connectivity index (χ4v) is 3.71. The number of nitrogens with two attached hydrogens (primary N) is 1. The molecule has 12 nitrogen and oxygen atoms in total. The number of carbonyl (C=O) groups excluding carboxylic acids is 2. The van der Waals surface area contributed by atoms with E-state index in [1.165, 1.54) is 36.7 Å². The van der Waals surface area contributed by atoms with Crippen molar-refractivity contribution >= 4 is 29.0 Å². The molecule has 0 aliphatic rings. The zero-order chi connectivity index (χ0) is 26.6. The zero-order valence-electron chi connectivity index (χ0n) is 20.8. The zero-order valence-corrected chi connectivity index (χ0v) is 20.8. The lowest BCUT2D eigenvalue weighted by Crippen LogP contribution is -2.47. The number of nitrogen functional groups attached to an aromatic ring is 1. The van der Waals surface area contributed by atoms with Gasteiger partial charge in [-0.2, -0.15) is 0 Å². The van der Waals surface area contributed by atoms with Crippen molar-refractivity contribution in [3.8, 4) is 0 Å². The molecule has 0 saturated heterocycles. The van der Waals surface area contributed by atoms with Crippen molar-refractivity contribution in [3.63, 3.8) is 0 Å². The van der Waals surface area contributed by atoms with Gasteiger partial charge in [-0.3, -0.25) is 34.0 Å². The normalized spacial score (nSPS) is 11.1. The van der Waals surface area contributed by atoms with Gasteiger partial charge in [-0.25, -0.2) is 4.79 Å². The Morgan fingerprint density at radius 3 is 2.34 bits per heavy atom. The molecule has 2 amide bonds. The summed E-state index contributed by atoms with van der Waals surface area (Å²) in [5.41, 5.74) is 4.35. The molecule has 1 aromatic carbocycles. The van der Waals surface area contributed by atoms with Gasteiger partial charge in [-0.15, -0.1) is 0 Å². The second kappa shape index (κ2) is 11.0. The SMILES string of the molecule is Cc1cccc(C(=O)N(C)CC(=O)N(CC(C)C)c2c(N)n(CC(C)C)c(=O)[nH]c2=O)c1[N+](=O)[O-]. The lowest BCUT2D eigenvalue weighted by Gasteiger charge is -2.28. The minimum atomic E-state index is -0.815. The van der Waals surface area contributed by atoms with Crippen LogP contribution >= 0.6 is 0 Å². The van der Waals surface area contributed by atoms with E-state index in [0.717, 1.165) is 9.80 Å². The summed E-state index contributed by atoms with van der Waals surface area (Å²) in [4.78, 5) is 66.7. The number of nitrogens with zero attached hydrogens (tertiary/aromatic N) is 4. The van der Waals surface area contributed by atoms with Crippen LogP contribution < -0.4 is 21.9 Å². The Morgan fingerprint density at radius 2 is 1.80 bits per heavy atom. The third kappa shape index (κ3) is 6.14. The molecule has 0 bridgehead atoms. The van der Waals surface area contributed by atoms with E-state index in [-0.39, 0.29) is 47.7 Å². The fraction of sp³-hybridized carbons (Fsp3) is 0.478. The van der Waals surface area contributed by atoms with Crippen LogP contribution in [0.4, 0.5) is 17.2 Å². The molecule has 0 fully saturated rings. The number of aromatic nitrogens is 2. The predicted molar refractivity (Wildman–Crippen MR) is 133 cm³/mol. The molecule has 0 spiro atoms. The third-order valence-corrected chi connectivity index (χ3v) is 5.25. The second-order valence-electron chi connectivity index (χ2n) is 9.29. The van der Waals surface area contributed by atoms with E-state index in [1.807, 2.05) is 27.7 Å². The highest BCUT2D eigenvalue weighted by Gasteiger charge is 2.29. The first-order valence-electron chi connectivity index (χ1n) is 11.2. The Labute approximate surface area is 202 Å². The maximum absolute atomic E-state index is 13.3. The number of aromatic amines is 1. The van der Waals surface area contributed by atoms with Crippen LogP contribution in [0.2, 0.25) is 0 Å². The Bertz CT molecular complexity index is 1250. The first-order chi connectivity index (χ1) is 16.3. The van der Waals surface area contributed by atoms with Crippen molar-refractivity contribution in [1.82, 2.24) is 14.5 Å². The average Bonchev–Trinajstić information content (AvgIpc) is 2.74. The van der Waals surface area contributed by atoms with Gasteiger partial charge in [-0.1, -0.05) is 39.8 Å². The Kier molecular flexibility index (Phi) is 8.56. The Morgan fingerprint density at radius 1 is 1.17 bits per heavy atom. The number of hydrogen-bond donors (Lipinski definition) is 2. The van der Waals surface area contributed by atoms with E-state index in [9.17, 15) is 29.3 Å². The molecule has 0 radical (unpaired) electrons. The molecule has 0 atom stereocenters. The highest BCUT2D eigenvalue weighted by molar-refractivity contribution is 6.03. The minimum absolute atomic E-state index is 0.0388. The number of likely N-dealkylation sites (N-methyl/N-ethyl adjacent to an activating group) is 1. The number of carbonyl (C=O) groups is 2. The first kappa shape index (κ1) is 27.3. The summed E-state index contributed by atoms with van der Waals surface area (Å²) in [7, 11) is 1.34. The Hall–Kier alpha value is -3.96. The van der Waals surface area contributed by atoms with E-state index in [1.54, 1.807) is 0 Å². The van der Waals surface area contributed by atoms with Crippen LogP contribution in [0.5, 0.6) is 0 Å². The van der Waals surface area contributed by atoms with Crippen molar-refractivity contribution in [2.24, 2.45) is 11.8 Å². The molecule has 3 N–H and O–H groups in total. The second-order valence-corrected chi connectivity index (χ2v) is 9.29. The van der Waals surface area contributed by atoms with Crippen molar-refractivity contribution in [3.05, 3.63) is 60.3 Å². The molecule has 1 aromatic heterocycles. The largest absolute Gasteiger partial charge is 0.383 e. The van der Waals surface area contributed by atoms with Gasteiger partial charge in [0.15, 0.2) is 5.69 Å². The number of anilines is 2. The first-order valence-corrected chi connectivity index (χ1v) is 11.2. The third-order valence-electron chi connectivity index (χ3n) is 5.25. The number of nitro benzene ring substituents is 1. The summed E-state index contributed by atoms with van der Waals surface area (Å²) >= 11 is 0. The number of benzene rings is 1. The summed E-state index contributed by atoms with van der Waals surface area (Å²) in [6.45, 7) is 8.79. The molecule has 0 saturated carbocycles. The monoisotopic (exact) mass is 488 g/mol. The number of amides is 2. The van der Waals surface area contributed by atoms with Crippen LogP contribution in [0.1, 0.15) is 43.6 Å². The number of H-pyrrole nitrogens is 1. The standard InChI is InChI=1S/C23H32N6O6/c1-13(2)10-27(19-20(24)28(11-14(3)4)23(33)25-21(19)31)17(30)12-26(6)22(32)16-9-7-8-15(5)18(16)29(34)35/h7-9,13-14H,10-12,24H2,1-6H3,(H,25,31,33). The van der Waals surface area contributed by atoms with Crippen LogP contribution in [0.3, 0.4) is 0 Å². The number of para-hydroxylation sites is 1. The molecule has 2 aromatic rings. The maximum Gasteiger partial charge on any atom is 0.330 e. The lowest BCUT2D eigenvalue weighted by molar-refractivity contribution is -0.385. The van der Waals surface area contributed by atoms with Crippen LogP contribution in [-0.2, 0) is 11.3 Å². The van der Waals surface area contributed by atoms with Crippen LogP contribution in [-0.4, -0.2) is 51.3 Å². The molecule has 35 heavy (non-hydrogen) atoms. The van der Waals surface area contributed by atoms with Crippen LogP contribution in [0.25, 0.3) is 0 Å². The predicted octanol–water partition coefficient (Wildman–Crippen LogP) is 1.75. The van der Waals surface area contributed by atoms with Crippen LogP contribution in [0, 0.1) is 28.9 Å². The van der Waals surface area contributed by atoms with Gasteiger partial charge < -0.3 is 15.5 Å². The van der Waals surface area contributed by atoms with Gasteiger partial charge in [0.05, 0.1) is 4.92 Å². The van der Waals surface area contributed by atoms with Gasteiger partial charge in [0.25, 0.3) is 17.2 Å². The van der Waals surface area contributed by atoms with Gasteiger partial charge >= 0.3 is 5.69 Å². The van der Waals surface area contributed by atoms with Crippen molar-refractivity contribution in [1.29, 1.82) is 0 Å². The molecule has 190 valence electrons. The summed E-state index contributed by atoms with van der Waals surface area (Å²) in [6.07, 6.45) is 0. The Balaban J connectivity index is 2.47. The van der Waals surface area contributed by atoms with Crippen LogP contribution in [0.15, 0.2) is 27.8 Å². The highest BCUT2D eigenvalue weighted by atomic mass is 16.6. The molecule has 0 unspecified atom stereocenters. The van der Waals surface area contributed by atoms with Crippen molar-refractivity contribution < 1.29 is 14.5 Å². The van der Waals surface area contributed by atoms with E-state index in [2.05, 4.69) is 4.98 Å². The smallest absolute Gasteiger partial charge is 0.330 e. The topological polar surface area (TPSA) is 165 Å². The average molecular weight is 489 g/mol. The molecular formula is C23H32N6O6. The van der Waals surface area contributed by atoms with Crippen molar-refractivity contribution in [2.75, 3.05) is 30.8 Å². The van der Waals surface area contributed by atoms with Gasteiger partial charge in [0.2, 0.25) is 5.91 Å². The summed E-state index contributed by atoms with van der Waals surface area (Å²) in [5, 5.41) is 11.5. The van der Waals surface area contributed by atoms with Gasteiger partial charge in [0.1, 0.15) is 17.9 Å². The molecule has 1 heterocycles. The molecule has 0 aliphatic heterocycles. The summed E-state index contributed by atoms with van der Waals surface area (Å²) in [6, 6.07) is 4.37. The van der Waals surface area contributed by atoms with E-state index < -0.39 is 34.5 Å². The highest BCUT2D eigenvalue weighted by Crippen LogP contribution is 2.25. The number of rotatable bonds is 9. The lowest BCUT2D eigenvalue weighted by atomic mass is 10.1. The number of nitro groups is 1. The molecular weight excluding hydrogens is 456 g/mol. The summed E-state index contributed by atoms with van der Waals surface area (Å²) < 4.78 is 1.20. The molecule has 2 rings (SSSR count). The number of hydrogen-bond acceptors (Lipinski definition) is 7. The van der Waals surface area contributed by atoms with E-state index in [0.29, 0.717) is 5.56 Å². The van der Waals surface area contributed by atoms with Gasteiger partial charge in [0, 0.05) is 25.7 Å². The van der Waals surface area contributed by atoms with Gasteiger partial charge in [-0.05, 0) is 24.8 Å². The van der Waals surface area contributed by atoms with Crippen molar-refractivity contribution in [2.45, 2.75) is 41.2 Å². The molecule has 12 heteroatoms. The number of aryl methyl sites for hydroxylation is 1. The number of nitrogens with one attached hydrogen (secondary N) is 1. The summed E-state index contributed by atoms with van der Waals surface area (Å²) in [5.74, 6) is -1.54. The minimum Gasteiger partial charge on any atom is -0.383 e. The maximum atomic E-state index is 13.3. The fourth-order valence-electron chi connectivity index (χ4n) is 3.71. The van der Waals surface area contributed by atoms with E-state index >= 15 is 0 Å². The van der Waals surface area contributed by atoms with E-state index in [4.69, 9.17) is 5.73 Å².